The molecule has 17 heavy (non-hydrogen) atoms. The van der Waals surface area contributed by atoms with Crippen LogP contribution >= 0.6 is 11.8 Å². The molecule has 4 heteroatoms. The average Bonchev–Trinajstić information content (AvgIpc) is 2.96. The summed E-state index contributed by atoms with van der Waals surface area (Å²) in [6, 6.07) is 0.745. The third-order valence-electron chi connectivity index (χ3n) is 3.73. The quantitative estimate of drug-likeness (QED) is 0.805. The second-order valence-electron chi connectivity index (χ2n) is 4.89. The molecule has 1 aliphatic rings. The Bertz CT molecular complexity index is 350. The van der Waals surface area contributed by atoms with Crippen LogP contribution in [0.1, 0.15) is 31.7 Å². The van der Waals surface area contributed by atoms with Crippen molar-refractivity contribution < 1.29 is 0 Å². The van der Waals surface area contributed by atoms with Crippen LogP contribution in [-0.2, 0) is 13.1 Å². The first-order chi connectivity index (χ1) is 8.24. The maximum Gasteiger partial charge on any atom is 0.0534 e. The van der Waals surface area contributed by atoms with E-state index in [0.29, 0.717) is 0 Å². The highest BCUT2D eigenvalue weighted by molar-refractivity contribution is 7.99. The lowest BCUT2D eigenvalue weighted by Crippen LogP contribution is -2.35. The molecule has 3 nitrogen and oxygen atoms in total. The minimum Gasteiger partial charge on any atom is -0.298 e. The lowest BCUT2D eigenvalue weighted by Gasteiger charge is -2.28. The van der Waals surface area contributed by atoms with Crippen LogP contribution in [0.3, 0.4) is 0 Å². The molecule has 1 heterocycles. The van der Waals surface area contributed by atoms with Gasteiger partial charge in [0.2, 0.25) is 0 Å². The van der Waals surface area contributed by atoms with Crippen molar-refractivity contribution in [1.29, 1.82) is 0 Å². The lowest BCUT2D eigenvalue weighted by atomic mass is 10.2. The highest BCUT2D eigenvalue weighted by atomic mass is 32.2. The normalized spacial score (nSPS) is 24.7. The molecule has 0 amide bonds. The molecule has 1 aromatic heterocycles. The van der Waals surface area contributed by atoms with Gasteiger partial charge >= 0.3 is 0 Å². The van der Waals surface area contributed by atoms with Crippen molar-refractivity contribution in [3.05, 3.63) is 18.0 Å². The van der Waals surface area contributed by atoms with Crippen LogP contribution in [0.4, 0.5) is 0 Å². The summed E-state index contributed by atoms with van der Waals surface area (Å²) in [6.07, 6.45) is 10.5. The first kappa shape index (κ1) is 13.0. The van der Waals surface area contributed by atoms with Gasteiger partial charge in [0, 0.05) is 36.1 Å². The van der Waals surface area contributed by atoms with Crippen molar-refractivity contribution in [2.45, 2.75) is 50.6 Å². The Morgan fingerprint density at radius 2 is 2.35 bits per heavy atom. The smallest absolute Gasteiger partial charge is 0.0534 e. The molecule has 0 saturated heterocycles. The van der Waals surface area contributed by atoms with E-state index in [1.807, 2.05) is 22.6 Å². The SMILES string of the molecule is CCn1cc(CN(C)[C@H]2CCC[C@H]2SC)cn1. The van der Waals surface area contributed by atoms with Crippen molar-refractivity contribution in [3.63, 3.8) is 0 Å². The minimum absolute atomic E-state index is 0.745. The average molecular weight is 253 g/mol. The van der Waals surface area contributed by atoms with Crippen LogP contribution in [0.2, 0.25) is 0 Å². The van der Waals surface area contributed by atoms with Gasteiger partial charge in [-0.2, -0.15) is 16.9 Å². The van der Waals surface area contributed by atoms with Gasteiger partial charge in [0.1, 0.15) is 0 Å². The van der Waals surface area contributed by atoms with Gasteiger partial charge < -0.3 is 0 Å². The summed E-state index contributed by atoms with van der Waals surface area (Å²) < 4.78 is 2.00. The van der Waals surface area contributed by atoms with Crippen molar-refractivity contribution in [3.8, 4) is 0 Å². The molecule has 1 aliphatic carbocycles. The number of aryl methyl sites for hydroxylation is 1. The van der Waals surface area contributed by atoms with E-state index in [0.717, 1.165) is 24.4 Å². The minimum atomic E-state index is 0.745. The van der Waals surface area contributed by atoms with Crippen molar-refractivity contribution in [2.24, 2.45) is 0 Å². The van der Waals surface area contributed by atoms with E-state index in [1.165, 1.54) is 24.8 Å². The summed E-state index contributed by atoms with van der Waals surface area (Å²) >= 11 is 2.03. The Labute approximate surface area is 109 Å². The third kappa shape index (κ3) is 3.05. The van der Waals surface area contributed by atoms with Crippen LogP contribution < -0.4 is 0 Å². The van der Waals surface area contributed by atoms with Crippen LogP contribution in [0, 0.1) is 0 Å². The summed E-state index contributed by atoms with van der Waals surface area (Å²) in [6.45, 7) is 4.11. The van der Waals surface area contributed by atoms with Crippen molar-refractivity contribution in [2.75, 3.05) is 13.3 Å². The van der Waals surface area contributed by atoms with Gasteiger partial charge in [-0.1, -0.05) is 6.42 Å². The first-order valence-corrected chi connectivity index (χ1v) is 7.77. The van der Waals surface area contributed by atoms with Gasteiger partial charge in [-0.15, -0.1) is 0 Å². The van der Waals surface area contributed by atoms with E-state index in [1.54, 1.807) is 0 Å². The number of hydrogen-bond acceptors (Lipinski definition) is 3. The Kier molecular flexibility index (Phi) is 4.51. The van der Waals surface area contributed by atoms with Gasteiger partial charge in [-0.3, -0.25) is 9.58 Å². The molecular formula is C13H23N3S. The molecule has 1 fully saturated rings. The van der Waals surface area contributed by atoms with Crippen LogP contribution in [0.15, 0.2) is 12.4 Å². The van der Waals surface area contributed by atoms with E-state index < -0.39 is 0 Å². The van der Waals surface area contributed by atoms with E-state index in [2.05, 4.69) is 36.4 Å². The number of aromatic nitrogens is 2. The van der Waals surface area contributed by atoms with Gasteiger partial charge in [0.15, 0.2) is 0 Å². The molecule has 0 unspecified atom stereocenters. The molecule has 96 valence electrons. The number of nitrogens with zero attached hydrogens (tertiary/aromatic N) is 3. The maximum absolute atomic E-state index is 4.34. The summed E-state index contributed by atoms with van der Waals surface area (Å²) in [5, 5.41) is 5.16. The molecule has 2 atom stereocenters. The van der Waals surface area contributed by atoms with E-state index in [4.69, 9.17) is 0 Å². The van der Waals surface area contributed by atoms with Gasteiger partial charge in [-0.05, 0) is 33.1 Å². The first-order valence-electron chi connectivity index (χ1n) is 6.49. The summed E-state index contributed by atoms with van der Waals surface area (Å²) in [4.78, 5) is 2.51. The summed E-state index contributed by atoms with van der Waals surface area (Å²) in [5.41, 5.74) is 1.33. The third-order valence-corrected chi connectivity index (χ3v) is 4.88. The lowest BCUT2D eigenvalue weighted by molar-refractivity contribution is 0.241. The largest absolute Gasteiger partial charge is 0.298 e. The molecular weight excluding hydrogens is 230 g/mol. The Morgan fingerprint density at radius 1 is 1.53 bits per heavy atom. The van der Waals surface area contributed by atoms with E-state index >= 15 is 0 Å². The summed E-state index contributed by atoms with van der Waals surface area (Å²) in [5.74, 6) is 0. The fraction of sp³-hybridized carbons (Fsp3) is 0.769. The van der Waals surface area contributed by atoms with Gasteiger partial charge in [0.25, 0.3) is 0 Å². The predicted molar refractivity (Wildman–Crippen MR) is 74.3 cm³/mol. The monoisotopic (exact) mass is 253 g/mol. The Hall–Kier alpha value is -0.480. The molecule has 2 rings (SSSR count). The predicted octanol–water partition coefficient (Wildman–Crippen LogP) is 2.62. The topological polar surface area (TPSA) is 21.1 Å². The standard InChI is InChI=1S/C13H23N3S/c1-4-16-10-11(8-14-16)9-15(2)12-6-5-7-13(12)17-3/h8,10,12-13H,4-7,9H2,1-3H3/t12-,13+/m0/s1. The highest BCUT2D eigenvalue weighted by Crippen LogP contribution is 2.32. The zero-order valence-electron chi connectivity index (χ0n) is 11.1. The number of rotatable bonds is 5. The molecule has 0 aromatic carbocycles. The van der Waals surface area contributed by atoms with Crippen LogP contribution in [-0.4, -0.2) is 39.3 Å². The maximum atomic E-state index is 4.34. The highest BCUT2D eigenvalue weighted by Gasteiger charge is 2.29. The van der Waals surface area contributed by atoms with Crippen LogP contribution in [0.5, 0.6) is 0 Å². The number of hydrogen-bond donors (Lipinski definition) is 0. The van der Waals surface area contributed by atoms with Crippen molar-refractivity contribution >= 4 is 11.8 Å². The van der Waals surface area contributed by atoms with Crippen molar-refractivity contribution in [1.82, 2.24) is 14.7 Å². The Balaban J connectivity index is 1.93. The molecule has 0 aliphatic heterocycles. The van der Waals surface area contributed by atoms with Crippen LogP contribution in [0.25, 0.3) is 0 Å². The molecule has 1 saturated carbocycles. The molecule has 0 spiro atoms. The van der Waals surface area contributed by atoms with E-state index in [9.17, 15) is 0 Å². The number of thioether (sulfide) groups is 1. The molecule has 0 N–H and O–H groups in total. The van der Waals surface area contributed by atoms with E-state index in [-0.39, 0.29) is 0 Å². The zero-order chi connectivity index (χ0) is 12.3. The summed E-state index contributed by atoms with van der Waals surface area (Å²) in [7, 11) is 2.25. The van der Waals surface area contributed by atoms with Gasteiger partial charge in [0.05, 0.1) is 6.20 Å². The second-order valence-corrected chi connectivity index (χ2v) is 5.97. The van der Waals surface area contributed by atoms with Gasteiger partial charge in [-0.25, -0.2) is 0 Å². The second kappa shape index (κ2) is 5.91. The molecule has 0 bridgehead atoms. The molecule has 1 aromatic rings. The zero-order valence-corrected chi connectivity index (χ0v) is 11.9. The fourth-order valence-corrected chi connectivity index (χ4v) is 3.81. The molecule has 0 radical (unpaired) electrons. The Morgan fingerprint density at radius 3 is 3.00 bits per heavy atom. The fourth-order valence-electron chi connectivity index (χ4n) is 2.75.